The number of rotatable bonds is 7. The van der Waals surface area contributed by atoms with Crippen molar-refractivity contribution in [2.75, 3.05) is 19.7 Å². The summed E-state index contributed by atoms with van der Waals surface area (Å²) in [7, 11) is 0. The Morgan fingerprint density at radius 2 is 2.07 bits per heavy atom. The van der Waals surface area contributed by atoms with E-state index in [1.165, 1.54) is 0 Å². The molecule has 0 aliphatic carbocycles. The maximum atomic E-state index is 12.6. The Hall–Kier alpha value is -1.56. The molecule has 1 aromatic heterocycles. The van der Waals surface area contributed by atoms with Gasteiger partial charge in [0.1, 0.15) is 17.4 Å². The highest BCUT2D eigenvalue weighted by molar-refractivity contribution is 14.0. The number of hydrogen-bond acceptors (Lipinski definition) is 4. The van der Waals surface area contributed by atoms with Gasteiger partial charge in [-0.1, -0.05) is 12.1 Å². The molecule has 5 nitrogen and oxygen atoms in total. The second kappa shape index (κ2) is 11.3. The number of aryl methyl sites for hydroxylation is 1. The van der Waals surface area contributed by atoms with Gasteiger partial charge in [0, 0.05) is 11.9 Å². The van der Waals surface area contributed by atoms with E-state index in [4.69, 9.17) is 4.74 Å². The molecule has 27 heavy (non-hydrogen) atoms. The van der Waals surface area contributed by atoms with Crippen molar-refractivity contribution in [2.45, 2.75) is 26.6 Å². The first-order valence-electron chi connectivity index (χ1n) is 8.11. The fourth-order valence-corrected chi connectivity index (χ4v) is 2.77. The summed E-state index contributed by atoms with van der Waals surface area (Å²) in [5.74, 6) is 1.29. The lowest BCUT2D eigenvalue weighted by molar-refractivity contribution is -0.140. The number of aromatic nitrogens is 1. The van der Waals surface area contributed by atoms with E-state index in [9.17, 15) is 13.2 Å². The van der Waals surface area contributed by atoms with E-state index in [0.717, 1.165) is 28.0 Å². The van der Waals surface area contributed by atoms with E-state index in [1.807, 2.05) is 38.1 Å². The van der Waals surface area contributed by atoms with Crippen LogP contribution in [0.4, 0.5) is 13.2 Å². The molecule has 10 heteroatoms. The maximum Gasteiger partial charge on any atom is 0.434 e. The number of ether oxygens (including phenoxy) is 1. The van der Waals surface area contributed by atoms with Crippen molar-refractivity contribution >= 4 is 41.3 Å². The fourth-order valence-electron chi connectivity index (χ4n) is 2.05. The van der Waals surface area contributed by atoms with Gasteiger partial charge in [-0.2, -0.15) is 13.2 Å². The average molecular weight is 514 g/mol. The molecule has 1 heterocycles. The van der Waals surface area contributed by atoms with Crippen molar-refractivity contribution in [3.8, 4) is 5.75 Å². The molecule has 0 radical (unpaired) electrons. The molecular formula is C17H22F3IN4OS. The number of benzene rings is 1. The first kappa shape index (κ1) is 23.5. The molecule has 0 saturated carbocycles. The number of alkyl halides is 3. The molecule has 0 saturated heterocycles. The van der Waals surface area contributed by atoms with Crippen LogP contribution >= 0.6 is 35.3 Å². The molecule has 0 aliphatic rings. The zero-order valence-electron chi connectivity index (χ0n) is 15.0. The molecule has 0 amide bonds. The second-order valence-corrected chi connectivity index (χ2v) is 6.35. The van der Waals surface area contributed by atoms with E-state index < -0.39 is 11.9 Å². The van der Waals surface area contributed by atoms with Crippen LogP contribution in [0.5, 0.6) is 5.75 Å². The topological polar surface area (TPSA) is 58.5 Å². The molecule has 0 unspecified atom stereocenters. The predicted molar refractivity (Wildman–Crippen MR) is 112 cm³/mol. The third-order valence-electron chi connectivity index (χ3n) is 3.21. The van der Waals surface area contributed by atoms with Crippen molar-refractivity contribution in [1.29, 1.82) is 0 Å². The molecule has 0 fully saturated rings. The molecule has 1 aromatic carbocycles. The average Bonchev–Trinajstić information content (AvgIpc) is 3.06. The van der Waals surface area contributed by atoms with E-state index >= 15 is 0 Å². The van der Waals surface area contributed by atoms with Crippen LogP contribution < -0.4 is 15.4 Å². The van der Waals surface area contributed by atoms with Gasteiger partial charge in [-0.05, 0) is 31.5 Å². The third-order valence-corrected chi connectivity index (χ3v) is 4.05. The van der Waals surface area contributed by atoms with Gasteiger partial charge in [0.15, 0.2) is 11.7 Å². The van der Waals surface area contributed by atoms with E-state index in [0.29, 0.717) is 30.7 Å². The fraction of sp³-hybridized carbons (Fsp3) is 0.412. The van der Waals surface area contributed by atoms with Gasteiger partial charge < -0.3 is 15.4 Å². The number of aliphatic imine (C=N–C) groups is 1. The third kappa shape index (κ3) is 8.33. The van der Waals surface area contributed by atoms with Crippen LogP contribution in [0, 0.1) is 6.92 Å². The number of nitrogens with zero attached hydrogens (tertiary/aromatic N) is 2. The van der Waals surface area contributed by atoms with Crippen molar-refractivity contribution in [1.82, 2.24) is 15.6 Å². The molecule has 0 spiro atoms. The monoisotopic (exact) mass is 514 g/mol. The Balaban J connectivity index is 0.00000364. The summed E-state index contributed by atoms with van der Waals surface area (Å²) >= 11 is 0.945. The summed E-state index contributed by atoms with van der Waals surface area (Å²) in [6.45, 7) is 5.55. The summed E-state index contributed by atoms with van der Waals surface area (Å²) in [5.41, 5.74) is 0.240. The largest absolute Gasteiger partial charge is 0.492 e. The van der Waals surface area contributed by atoms with Gasteiger partial charge in [0.2, 0.25) is 0 Å². The molecule has 2 N–H and O–H groups in total. The van der Waals surface area contributed by atoms with Crippen molar-refractivity contribution in [3.05, 3.63) is 45.9 Å². The Kier molecular flexibility index (Phi) is 9.84. The summed E-state index contributed by atoms with van der Waals surface area (Å²) in [6, 6.07) is 7.74. The molecule has 0 atom stereocenters. The van der Waals surface area contributed by atoms with Crippen LogP contribution in [0.3, 0.4) is 0 Å². The number of halogens is 4. The maximum absolute atomic E-state index is 12.6. The SMILES string of the molecule is CCNC(=NCc1nc(C(F)(F)F)cs1)NCCOc1cccc(C)c1.I. The van der Waals surface area contributed by atoms with Crippen molar-refractivity contribution < 1.29 is 17.9 Å². The predicted octanol–water partition coefficient (Wildman–Crippen LogP) is 4.22. The molecule has 0 bridgehead atoms. The minimum atomic E-state index is -4.42. The van der Waals surface area contributed by atoms with Gasteiger partial charge in [-0.15, -0.1) is 35.3 Å². The van der Waals surface area contributed by atoms with Gasteiger partial charge in [0.25, 0.3) is 0 Å². The van der Waals surface area contributed by atoms with Crippen LogP contribution in [0.2, 0.25) is 0 Å². The Morgan fingerprint density at radius 3 is 2.70 bits per heavy atom. The minimum absolute atomic E-state index is 0. The lowest BCUT2D eigenvalue weighted by Gasteiger charge is -2.12. The van der Waals surface area contributed by atoms with E-state index in [1.54, 1.807) is 0 Å². The quantitative estimate of drug-likeness (QED) is 0.252. The standard InChI is InChI=1S/C17H21F3N4OS.HI/c1-3-21-16(22-7-8-25-13-6-4-5-12(2)9-13)23-10-15-24-14(11-26-15)17(18,19)20;/h4-6,9,11H,3,7-8,10H2,1-2H3,(H2,21,22,23);1H. The van der Waals surface area contributed by atoms with Crippen LogP contribution in [0.25, 0.3) is 0 Å². The number of thiazole rings is 1. The van der Waals surface area contributed by atoms with Crippen LogP contribution in [0.1, 0.15) is 23.2 Å². The van der Waals surface area contributed by atoms with Crippen molar-refractivity contribution in [2.24, 2.45) is 4.99 Å². The van der Waals surface area contributed by atoms with Crippen LogP contribution in [-0.4, -0.2) is 30.6 Å². The highest BCUT2D eigenvalue weighted by atomic mass is 127. The molecular weight excluding hydrogens is 492 g/mol. The zero-order chi connectivity index (χ0) is 19.0. The Labute approximate surface area is 177 Å². The number of hydrogen-bond donors (Lipinski definition) is 2. The number of nitrogens with one attached hydrogen (secondary N) is 2. The Bertz CT molecular complexity index is 737. The highest BCUT2D eigenvalue weighted by Gasteiger charge is 2.33. The van der Waals surface area contributed by atoms with E-state index in [2.05, 4.69) is 20.6 Å². The van der Waals surface area contributed by atoms with Gasteiger partial charge in [-0.3, -0.25) is 0 Å². The summed E-state index contributed by atoms with van der Waals surface area (Å²) in [4.78, 5) is 7.82. The normalized spacial score (nSPS) is 11.7. The molecule has 2 aromatic rings. The van der Waals surface area contributed by atoms with Crippen LogP contribution in [0.15, 0.2) is 34.6 Å². The minimum Gasteiger partial charge on any atom is -0.492 e. The number of guanidine groups is 1. The van der Waals surface area contributed by atoms with Gasteiger partial charge in [-0.25, -0.2) is 9.98 Å². The molecule has 150 valence electrons. The lowest BCUT2D eigenvalue weighted by atomic mass is 10.2. The first-order chi connectivity index (χ1) is 12.4. The summed E-state index contributed by atoms with van der Waals surface area (Å²) in [6.07, 6.45) is -4.42. The molecule has 2 rings (SSSR count). The summed E-state index contributed by atoms with van der Waals surface area (Å²) < 4.78 is 43.3. The Morgan fingerprint density at radius 1 is 1.30 bits per heavy atom. The lowest BCUT2D eigenvalue weighted by Crippen LogP contribution is -2.39. The highest BCUT2D eigenvalue weighted by Crippen LogP contribution is 2.30. The van der Waals surface area contributed by atoms with Gasteiger partial charge in [0.05, 0.1) is 13.1 Å². The van der Waals surface area contributed by atoms with Gasteiger partial charge >= 0.3 is 6.18 Å². The van der Waals surface area contributed by atoms with Crippen LogP contribution in [-0.2, 0) is 12.7 Å². The second-order valence-electron chi connectivity index (χ2n) is 5.41. The molecule has 0 aliphatic heterocycles. The van der Waals surface area contributed by atoms with Crippen molar-refractivity contribution in [3.63, 3.8) is 0 Å². The zero-order valence-corrected chi connectivity index (χ0v) is 18.1. The van der Waals surface area contributed by atoms with E-state index in [-0.39, 0.29) is 30.5 Å². The summed E-state index contributed by atoms with van der Waals surface area (Å²) in [5, 5.41) is 7.43. The first-order valence-corrected chi connectivity index (χ1v) is 8.99. The smallest absolute Gasteiger partial charge is 0.434 e.